The number of rotatable bonds is 4. The highest BCUT2D eigenvalue weighted by atomic mass is 16.1. The van der Waals surface area contributed by atoms with Gasteiger partial charge in [-0.25, -0.2) is 0 Å². The van der Waals surface area contributed by atoms with Gasteiger partial charge in [-0.15, -0.1) is 10.2 Å². The summed E-state index contributed by atoms with van der Waals surface area (Å²) in [7, 11) is 0. The molecule has 88 valence electrons. The maximum Gasteiger partial charge on any atom is 0.224 e. The van der Waals surface area contributed by atoms with E-state index in [0.717, 1.165) is 5.56 Å². The number of nitrogens with zero attached hydrogens (tertiary/aromatic N) is 3. The van der Waals surface area contributed by atoms with Crippen molar-refractivity contribution in [1.29, 1.82) is 0 Å². The van der Waals surface area contributed by atoms with Crippen LogP contribution < -0.4 is 11.1 Å². The Morgan fingerprint density at radius 1 is 1.35 bits per heavy atom. The molecule has 17 heavy (non-hydrogen) atoms. The van der Waals surface area contributed by atoms with Crippen molar-refractivity contribution >= 4 is 11.6 Å². The first-order valence-electron chi connectivity index (χ1n) is 5.07. The molecule has 2 rings (SSSR count). The Kier molecular flexibility index (Phi) is 3.29. The molecule has 7 nitrogen and oxygen atoms in total. The van der Waals surface area contributed by atoms with Gasteiger partial charge in [0.15, 0.2) is 5.82 Å². The van der Waals surface area contributed by atoms with Gasteiger partial charge in [-0.2, -0.15) is 5.21 Å². The van der Waals surface area contributed by atoms with Crippen LogP contribution in [-0.2, 0) is 17.8 Å². The third-order valence-corrected chi connectivity index (χ3v) is 2.18. The summed E-state index contributed by atoms with van der Waals surface area (Å²) in [5, 5.41) is 15.9. The molecule has 0 saturated carbocycles. The van der Waals surface area contributed by atoms with E-state index in [1.54, 1.807) is 12.1 Å². The molecule has 0 spiro atoms. The third kappa shape index (κ3) is 3.26. The molecule has 0 bridgehead atoms. The second-order valence-electron chi connectivity index (χ2n) is 3.52. The minimum absolute atomic E-state index is 0.0976. The predicted octanol–water partition coefficient (Wildman–Crippen LogP) is -0.359. The summed E-state index contributed by atoms with van der Waals surface area (Å²) >= 11 is 0. The van der Waals surface area contributed by atoms with Gasteiger partial charge < -0.3 is 11.1 Å². The molecule has 1 amide bonds. The number of aromatic amines is 1. The molecule has 0 atom stereocenters. The first-order valence-corrected chi connectivity index (χ1v) is 5.07. The smallest absolute Gasteiger partial charge is 0.224 e. The molecule has 1 heterocycles. The topological polar surface area (TPSA) is 110 Å². The van der Waals surface area contributed by atoms with Crippen molar-refractivity contribution in [3.63, 3.8) is 0 Å². The van der Waals surface area contributed by atoms with Gasteiger partial charge in [0.2, 0.25) is 5.91 Å². The van der Waals surface area contributed by atoms with Crippen LogP contribution in [0.25, 0.3) is 0 Å². The monoisotopic (exact) mass is 232 g/mol. The molecule has 0 unspecified atom stereocenters. The number of tetrazole rings is 1. The number of benzene rings is 1. The van der Waals surface area contributed by atoms with Gasteiger partial charge in [0.25, 0.3) is 0 Å². The van der Waals surface area contributed by atoms with Crippen LogP contribution in [0.15, 0.2) is 24.3 Å². The number of hydrogen-bond donors (Lipinski definition) is 3. The number of aromatic nitrogens is 4. The second kappa shape index (κ2) is 5.06. The van der Waals surface area contributed by atoms with Crippen LogP contribution in [0.1, 0.15) is 11.4 Å². The average Bonchev–Trinajstić information content (AvgIpc) is 2.83. The molecule has 7 heteroatoms. The zero-order valence-corrected chi connectivity index (χ0v) is 9.05. The largest absolute Gasteiger partial charge is 0.399 e. The molecule has 0 radical (unpaired) electrons. The summed E-state index contributed by atoms with van der Waals surface area (Å²) in [4.78, 5) is 11.6. The fourth-order valence-electron chi connectivity index (χ4n) is 1.32. The minimum Gasteiger partial charge on any atom is -0.399 e. The molecule has 0 aliphatic heterocycles. The molecule has 4 N–H and O–H groups in total. The molecule has 1 aromatic heterocycles. The van der Waals surface area contributed by atoms with Gasteiger partial charge in [0.1, 0.15) is 0 Å². The van der Waals surface area contributed by atoms with E-state index in [2.05, 4.69) is 25.9 Å². The van der Waals surface area contributed by atoms with Gasteiger partial charge in [0.05, 0.1) is 13.0 Å². The lowest BCUT2D eigenvalue weighted by Gasteiger charge is -2.03. The fraction of sp³-hybridized carbons (Fsp3) is 0.200. The second-order valence-corrected chi connectivity index (χ2v) is 3.52. The first-order chi connectivity index (χ1) is 8.24. The summed E-state index contributed by atoms with van der Waals surface area (Å²) < 4.78 is 0. The van der Waals surface area contributed by atoms with Crippen LogP contribution in [0, 0.1) is 0 Å². The van der Waals surface area contributed by atoms with Crippen LogP contribution >= 0.6 is 0 Å². The summed E-state index contributed by atoms with van der Waals surface area (Å²) in [5.41, 5.74) is 7.14. The summed E-state index contributed by atoms with van der Waals surface area (Å²) in [6, 6.07) is 7.18. The highest BCUT2D eigenvalue weighted by Crippen LogP contribution is 2.05. The number of nitrogens with one attached hydrogen (secondary N) is 2. The van der Waals surface area contributed by atoms with Crippen molar-refractivity contribution in [2.45, 2.75) is 13.0 Å². The summed E-state index contributed by atoms with van der Waals surface area (Å²) in [6.45, 7) is 0.268. The molecule has 2 aromatic rings. The normalized spacial score (nSPS) is 10.1. The molecule has 0 aliphatic carbocycles. The van der Waals surface area contributed by atoms with Crippen molar-refractivity contribution in [1.82, 2.24) is 25.9 Å². The zero-order valence-electron chi connectivity index (χ0n) is 9.05. The quantitative estimate of drug-likeness (QED) is 0.624. The Morgan fingerprint density at radius 3 is 2.76 bits per heavy atom. The van der Waals surface area contributed by atoms with E-state index in [0.29, 0.717) is 17.9 Å². The molecule has 0 saturated heterocycles. The van der Waals surface area contributed by atoms with Crippen molar-refractivity contribution in [3.8, 4) is 0 Å². The number of H-pyrrole nitrogens is 1. The number of nitrogens with two attached hydrogens (primary N) is 1. The van der Waals surface area contributed by atoms with E-state index in [9.17, 15) is 4.79 Å². The highest BCUT2D eigenvalue weighted by molar-refractivity contribution is 5.78. The van der Waals surface area contributed by atoms with Crippen molar-refractivity contribution in [2.75, 3.05) is 5.73 Å². The maximum absolute atomic E-state index is 11.6. The number of nitrogen functional groups attached to an aromatic ring is 1. The first kappa shape index (κ1) is 11.1. The zero-order chi connectivity index (χ0) is 12.1. The molecular weight excluding hydrogens is 220 g/mol. The number of anilines is 1. The molecular formula is C10H12N6O. The number of carbonyl (C=O) groups is 1. The molecule has 0 aliphatic rings. The minimum atomic E-state index is -0.0976. The number of hydrogen-bond acceptors (Lipinski definition) is 5. The van der Waals surface area contributed by atoms with Crippen molar-refractivity contribution in [3.05, 3.63) is 35.7 Å². The third-order valence-electron chi connectivity index (χ3n) is 2.18. The van der Waals surface area contributed by atoms with Gasteiger partial charge in [-0.1, -0.05) is 17.3 Å². The fourth-order valence-corrected chi connectivity index (χ4v) is 1.32. The van der Waals surface area contributed by atoms with Gasteiger partial charge in [0, 0.05) is 5.69 Å². The van der Waals surface area contributed by atoms with Gasteiger partial charge >= 0.3 is 0 Å². The van der Waals surface area contributed by atoms with E-state index in [-0.39, 0.29) is 12.5 Å². The predicted molar refractivity (Wildman–Crippen MR) is 60.6 cm³/mol. The van der Waals surface area contributed by atoms with Crippen LogP contribution in [0.3, 0.4) is 0 Å². The average molecular weight is 232 g/mol. The van der Waals surface area contributed by atoms with Crippen LogP contribution in [-0.4, -0.2) is 26.5 Å². The van der Waals surface area contributed by atoms with E-state index >= 15 is 0 Å². The van der Waals surface area contributed by atoms with Crippen LogP contribution in [0.5, 0.6) is 0 Å². The van der Waals surface area contributed by atoms with Gasteiger partial charge in [-0.05, 0) is 17.7 Å². The van der Waals surface area contributed by atoms with E-state index in [1.807, 2.05) is 12.1 Å². The standard InChI is InChI=1S/C10H12N6O/c11-8-3-1-7(2-4-8)5-10(17)12-6-9-13-15-16-14-9/h1-4H,5-6,11H2,(H,12,17)(H,13,14,15,16). The lowest BCUT2D eigenvalue weighted by atomic mass is 10.1. The lowest BCUT2D eigenvalue weighted by molar-refractivity contribution is -0.120. The van der Waals surface area contributed by atoms with E-state index in [4.69, 9.17) is 5.73 Å². The Balaban J connectivity index is 1.83. The van der Waals surface area contributed by atoms with E-state index < -0.39 is 0 Å². The Bertz CT molecular complexity index is 478. The van der Waals surface area contributed by atoms with Crippen LogP contribution in [0.4, 0.5) is 5.69 Å². The Hall–Kier alpha value is -2.44. The summed E-state index contributed by atoms with van der Waals surface area (Å²) in [5.74, 6) is 0.357. The number of carbonyl (C=O) groups excluding carboxylic acids is 1. The lowest BCUT2D eigenvalue weighted by Crippen LogP contribution is -2.25. The Morgan fingerprint density at radius 2 is 2.12 bits per heavy atom. The maximum atomic E-state index is 11.6. The SMILES string of the molecule is Nc1ccc(CC(=O)NCc2nn[nH]n2)cc1. The molecule has 1 aromatic carbocycles. The van der Waals surface area contributed by atoms with Crippen molar-refractivity contribution < 1.29 is 4.79 Å². The highest BCUT2D eigenvalue weighted by Gasteiger charge is 2.04. The van der Waals surface area contributed by atoms with Gasteiger partial charge in [-0.3, -0.25) is 4.79 Å². The Labute approximate surface area is 97.4 Å². The molecule has 0 fully saturated rings. The summed E-state index contributed by atoms with van der Waals surface area (Å²) in [6.07, 6.45) is 0.304. The van der Waals surface area contributed by atoms with Crippen molar-refractivity contribution in [2.24, 2.45) is 0 Å². The van der Waals surface area contributed by atoms with Crippen LogP contribution in [0.2, 0.25) is 0 Å². The van der Waals surface area contributed by atoms with E-state index in [1.165, 1.54) is 0 Å². The number of amides is 1.